The normalized spacial score (nSPS) is 18.8. The molecule has 0 heterocycles. The van der Waals surface area contributed by atoms with Gasteiger partial charge in [-0.1, -0.05) is 61.9 Å². The Balaban J connectivity index is 1.71. The third-order valence-corrected chi connectivity index (χ3v) is 4.29. The van der Waals surface area contributed by atoms with Crippen molar-refractivity contribution >= 4 is 0 Å². The van der Waals surface area contributed by atoms with Crippen LogP contribution in [0.1, 0.15) is 56.1 Å². The van der Waals surface area contributed by atoms with Crippen LogP contribution in [-0.4, -0.2) is 6.04 Å². The van der Waals surface area contributed by atoms with Crippen molar-refractivity contribution in [3.63, 3.8) is 0 Å². The van der Waals surface area contributed by atoms with Crippen LogP contribution in [0.25, 0.3) is 0 Å². The van der Waals surface area contributed by atoms with Crippen LogP contribution in [0.4, 0.5) is 0 Å². The van der Waals surface area contributed by atoms with Gasteiger partial charge in [-0.2, -0.15) is 0 Å². The maximum absolute atomic E-state index is 6.26. The first-order chi connectivity index (χ1) is 8.74. The van der Waals surface area contributed by atoms with Gasteiger partial charge in [0.2, 0.25) is 0 Å². The standard InChI is InChI=1S/C17H27N/c1-14-7-9-16(10-8-14)13-17(18)12-11-15-5-3-2-4-6-15/h7-10,15,17H,2-6,11-13,18H2,1H3. The summed E-state index contributed by atoms with van der Waals surface area (Å²) in [5, 5.41) is 0. The molecule has 0 radical (unpaired) electrons. The molecule has 1 unspecified atom stereocenters. The van der Waals surface area contributed by atoms with Gasteiger partial charge in [-0.15, -0.1) is 0 Å². The Hall–Kier alpha value is -0.820. The van der Waals surface area contributed by atoms with Gasteiger partial charge in [0.15, 0.2) is 0 Å². The highest BCUT2D eigenvalue weighted by Gasteiger charge is 2.14. The maximum Gasteiger partial charge on any atom is 0.00794 e. The van der Waals surface area contributed by atoms with E-state index in [1.807, 2.05) is 0 Å². The average molecular weight is 245 g/mol. The number of benzene rings is 1. The second-order valence-electron chi connectivity index (χ2n) is 6.03. The minimum Gasteiger partial charge on any atom is -0.327 e. The van der Waals surface area contributed by atoms with Crippen LogP contribution in [0.3, 0.4) is 0 Å². The van der Waals surface area contributed by atoms with E-state index in [0.29, 0.717) is 6.04 Å². The summed E-state index contributed by atoms with van der Waals surface area (Å²) in [6.45, 7) is 2.13. The Morgan fingerprint density at radius 1 is 1.11 bits per heavy atom. The predicted molar refractivity (Wildman–Crippen MR) is 78.7 cm³/mol. The smallest absolute Gasteiger partial charge is 0.00794 e. The van der Waals surface area contributed by atoms with Crippen molar-refractivity contribution in [2.75, 3.05) is 0 Å². The third kappa shape index (κ3) is 4.45. The molecule has 1 fully saturated rings. The molecule has 18 heavy (non-hydrogen) atoms. The fourth-order valence-corrected chi connectivity index (χ4v) is 3.05. The predicted octanol–water partition coefficient (Wildman–Crippen LogP) is 4.23. The van der Waals surface area contributed by atoms with Crippen LogP contribution in [-0.2, 0) is 6.42 Å². The summed E-state index contributed by atoms with van der Waals surface area (Å²) in [4.78, 5) is 0. The average Bonchev–Trinajstić information content (AvgIpc) is 2.40. The molecular formula is C17H27N. The summed E-state index contributed by atoms with van der Waals surface area (Å²) in [6.07, 6.45) is 10.8. The molecule has 0 aromatic heterocycles. The summed E-state index contributed by atoms with van der Waals surface area (Å²) in [7, 11) is 0. The molecule has 100 valence electrons. The zero-order chi connectivity index (χ0) is 12.8. The molecule has 0 saturated heterocycles. The minimum atomic E-state index is 0.342. The monoisotopic (exact) mass is 245 g/mol. The largest absolute Gasteiger partial charge is 0.327 e. The van der Waals surface area contributed by atoms with Gasteiger partial charge in [0.25, 0.3) is 0 Å². The lowest BCUT2D eigenvalue weighted by atomic mass is 9.85. The molecule has 1 aromatic rings. The molecule has 0 spiro atoms. The molecule has 1 saturated carbocycles. The Bertz CT molecular complexity index is 335. The first-order valence-corrected chi connectivity index (χ1v) is 7.55. The number of hydrogen-bond donors (Lipinski definition) is 1. The number of hydrogen-bond acceptors (Lipinski definition) is 1. The summed E-state index contributed by atoms with van der Waals surface area (Å²) in [5.74, 6) is 0.961. The van der Waals surface area contributed by atoms with Gasteiger partial charge in [0.05, 0.1) is 0 Å². The van der Waals surface area contributed by atoms with Crippen molar-refractivity contribution in [1.29, 1.82) is 0 Å². The van der Waals surface area contributed by atoms with Crippen molar-refractivity contribution in [2.45, 2.75) is 64.3 Å². The van der Waals surface area contributed by atoms with E-state index < -0.39 is 0 Å². The van der Waals surface area contributed by atoms with E-state index in [4.69, 9.17) is 5.73 Å². The van der Waals surface area contributed by atoms with Crippen molar-refractivity contribution < 1.29 is 0 Å². The van der Waals surface area contributed by atoms with Gasteiger partial charge >= 0.3 is 0 Å². The van der Waals surface area contributed by atoms with Gasteiger partial charge in [-0.05, 0) is 37.7 Å². The summed E-state index contributed by atoms with van der Waals surface area (Å²) in [6, 6.07) is 9.15. The number of aryl methyl sites for hydroxylation is 1. The fraction of sp³-hybridized carbons (Fsp3) is 0.647. The Labute approximate surface area is 112 Å². The van der Waals surface area contributed by atoms with E-state index in [-0.39, 0.29) is 0 Å². The van der Waals surface area contributed by atoms with Gasteiger partial charge in [-0.25, -0.2) is 0 Å². The molecule has 2 N–H and O–H groups in total. The Morgan fingerprint density at radius 3 is 2.44 bits per heavy atom. The van der Waals surface area contributed by atoms with Crippen LogP contribution < -0.4 is 5.73 Å². The van der Waals surface area contributed by atoms with E-state index in [0.717, 1.165) is 12.3 Å². The summed E-state index contributed by atoms with van der Waals surface area (Å²) >= 11 is 0. The van der Waals surface area contributed by atoms with E-state index in [9.17, 15) is 0 Å². The van der Waals surface area contributed by atoms with E-state index in [2.05, 4.69) is 31.2 Å². The molecule has 2 rings (SSSR count). The highest BCUT2D eigenvalue weighted by molar-refractivity contribution is 5.21. The second-order valence-corrected chi connectivity index (χ2v) is 6.03. The molecule has 0 bridgehead atoms. The van der Waals surface area contributed by atoms with Gasteiger partial charge < -0.3 is 5.73 Å². The zero-order valence-corrected chi connectivity index (χ0v) is 11.7. The maximum atomic E-state index is 6.26. The summed E-state index contributed by atoms with van der Waals surface area (Å²) < 4.78 is 0. The highest BCUT2D eigenvalue weighted by atomic mass is 14.6. The highest BCUT2D eigenvalue weighted by Crippen LogP contribution is 2.27. The topological polar surface area (TPSA) is 26.0 Å². The van der Waals surface area contributed by atoms with Crippen LogP contribution in [0.15, 0.2) is 24.3 Å². The van der Waals surface area contributed by atoms with Gasteiger partial charge in [0, 0.05) is 6.04 Å². The molecule has 1 nitrogen and oxygen atoms in total. The van der Waals surface area contributed by atoms with E-state index >= 15 is 0 Å². The summed E-state index contributed by atoms with van der Waals surface area (Å²) in [5.41, 5.74) is 8.98. The van der Waals surface area contributed by atoms with Crippen molar-refractivity contribution in [1.82, 2.24) is 0 Å². The molecule has 1 heteroatoms. The van der Waals surface area contributed by atoms with Crippen LogP contribution in [0, 0.1) is 12.8 Å². The Morgan fingerprint density at radius 2 is 1.78 bits per heavy atom. The second kappa shape index (κ2) is 6.94. The zero-order valence-electron chi connectivity index (χ0n) is 11.7. The van der Waals surface area contributed by atoms with Crippen LogP contribution in [0.2, 0.25) is 0 Å². The fourth-order valence-electron chi connectivity index (χ4n) is 3.05. The molecule has 0 amide bonds. The third-order valence-electron chi connectivity index (χ3n) is 4.29. The van der Waals surface area contributed by atoms with Crippen LogP contribution in [0.5, 0.6) is 0 Å². The number of rotatable bonds is 5. The quantitative estimate of drug-likeness (QED) is 0.825. The molecule has 0 aliphatic heterocycles. The van der Waals surface area contributed by atoms with Crippen molar-refractivity contribution in [2.24, 2.45) is 11.7 Å². The molecule has 1 aromatic carbocycles. The molecule has 1 aliphatic rings. The van der Waals surface area contributed by atoms with E-state index in [1.165, 1.54) is 56.1 Å². The minimum absolute atomic E-state index is 0.342. The SMILES string of the molecule is Cc1ccc(CC(N)CCC2CCCCC2)cc1. The van der Waals surface area contributed by atoms with Crippen LogP contribution >= 0.6 is 0 Å². The first-order valence-electron chi connectivity index (χ1n) is 7.55. The lowest BCUT2D eigenvalue weighted by Gasteiger charge is -2.23. The van der Waals surface area contributed by atoms with E-state index in [1.54, 1.807) is 0 Å². The van der Waals surface area contributed by atoms with Gasteiger partial charge in [0.1, 0.15) is 0 Å². The molecule has 1 aliphatic carbocycles. The van der Waals surface area contributed by atoms with Gasteiger partial charge in [-0.3, -0.25) is 0 Å². The lowest BCUT2D eigenvalue weighted by molar-refractivity contribution is 0.323. The molecule has 1 atom stereocenters. The Kier molecular flexibility index (Phi) is 5.25. The first kappa shape index (κ1) is 13.6. The van der Waals surface area contributed by atoms with Crippen molar-refractivity contribution in [3.05, 3.63) is 35.4 Å². The molecular weight excluding hydrogens is 218 g/mol. The van der Waals surface area contributed by atoms with Crippen molar-refractivity contribution in [3.8, 4) is 0 Å². The lowest BCUT2D eigenvalue weighted by Crippen LogP contribution is -2.24. The number of nitrogens with two attached hydrogens (primary N) is 1.